The van der Waals surface area contributed by atoms with Crippen molar-refractivity contribution in [2.45, 2.75) is 17.7 Å². The number of thioether (sulfide) groups is 1. The summed E-state index contributed by atoms with van der Waals surface area (Å²) in [6, 6.07) is 16.2. The van der Waals surface area contributed by atoms with Crippen LogP contribution in [0.4, 0.5) is 11.4 Å². The van der Waals surface area contributed by atoms with E-state index in [9.17, 15) is 4.79 Å². The average Bonchev–Trinajstić information content (AvgIpc) is 2.74. The Morgan fingerprint density at radius 3 is 2.52 bits per heavy atom. The molecule has 29 heavy (non-hydrogen) atoms. The standard InChI is InChI=1S/C22H28N4OS2/c1-29-21-10-9-17(16-19(21)24-22(23)28)20(27)8-5-11-25-12-14-26(15-13-25)18-6-3-2-4-7-18/h2-4,6-7,9-10,16H,5,8,11-15H2,1H3,(H3,23,24,28). The number of piperazine rings is 1. The zero-order valence-electron chi connectivity index (χ0n) is 16.8. The Labute approximate surface area is 182 Å². The Morgan fingerprint density at radius 2 is 1.86 bits per heavy atom. The van der Waals surface area contributed by atoms with Crippen molar-refractivity contribution >= 4 is 46.3 Å². The number of para-hydroxylation sites is 1. The number of thiocarbonyl (C=S) groups is 1. The lowest BCUT2D eigenvalue weighted by Crippen LogP contribution is -2.46. The Balaban J connectivity index is 1.46. The molecule has 1 fully saturated rings. The number of nitrogens with zero attached hydrogens (tertiary/aromatic N) is 2. The van der Waals surface area contributed by atoms with Crippen molar-refractivity contribution < 1.29 is 4.79 Å². The lowest BCUT2D eigenvalue weighted by atomic mass is 10.1. The van der Waals surface area contributed by atoms with Crippen LogP contribution in [0.15, 0.2) is 53.4 Å². The number of ketones is 1. The number of benzene rings is 2. The van der Waals surface area contributed by atoms with Crippen molar-refractivity contribution in [1.29, 1.82) is 0 Å². The molecule has 1 aliphatic heterocycles. The predicted octanol–water partition coefficient (Wildman–Crippen LogP) is 3.85. The summed E-state index contributed by atoms with van der Waals surface area (Å²) in [5.41, 5.74) is 8.39. The molecule has 0 amide bonds. The molecule has 1 aliphatic rings. The van der Waals surface area contributed by atoms with Crippen LogP contribution >= 0.6 is 24.0 Å². The first-order valence-corrected chi connectivity index (χ1v) is 11.5. The van der Waals surface area contributed by atoms with Crippen LogP contribution < -0.4 is 16.0 Å². The van der Waals surface area contributed by atoms with Crippen molar-refractivity contribution in [3.05, 3.63) is 54.1 Å². The molecule has 2 aromatic carbocycles. The Kier molecular flexibility index (Phi) is 7.91. The van der Waals surface area contributed by atoms with Gasteiger partial charge in [0, 0.05) is 48.7 Å². The van der Waals surface area contributed by atoms with Crippen molar-refractivity contribution in [3.8, 4) is 0 Å². The van der Waals surface area contributed by atoms with Gasteiger partial charge in [-0.05, 0) is 55.7 Å². The first-order chi connectivity index (χ1) is 14.1. The van der Waals surface area contributed by atoms with Crippen LogP contribution in [0.1, 0.15) is 23.2 Å². The molecule has 3 rings (SSSR count). The van der Waals surface area contributed by atoms with Crippen LogP contribution in [0, 0.1) is 0 Å². The summed E-state index contributed by atoms with van der Waals surface area (Å²) in [4.78, 5) is 18.5. The van der Waals surface area contributed by atoms with E-state index < -0.39 is 0 Å². The summed E-state index contributed by atoms with van der Waals surface area (Å²) < 4.78 is 0. The van der Waals surface area contributed by atoms with E-state index in [2.05, 4.69) is 45.4 Å². The van der Waals surface area contributed by atoms with Gasteiger partial charge in [-0.15, -0.1) is 11.8 Å². The molecule has 0 aromatic heterocycles. The minimum absolute atomic E-state index is 0.159. The van der Waals surface area contributed by atoms with Crippen LogP contribution in [-0.2, 0) is 0 Å². The number of rotatable bonds is 8. The highest BCUT2D eigenvalue weighted by Gasteiger charge is 2.17. The van der Waals surface area contributed by atoms with E-state index in [1.54, 1.807) is 11.8 Å². The van der Waals surface area contributed by atoms with Gasteiger partial charge in [0.05, 0.1) is 5.69 Å². The molecule has 1 saturated heterocycles. The van der Waals surface area contributed by atoms with Gasteiger partial charge in [0.15, 0.2) is 10.9 Å². The van der Waals surface area contributed by atoms with Crippen LogP contribution in [0.25, 0.3) is 0 Å². The highest BCUT2D eigenvalue weighted by molar-refractivity contribution is 7.98. The third kappa shape index (κ3) is 6.19. The zero-order chi connectivity index (χ0) is 20.6. The Morgan fingerprint density at radius 1 is 1.14 bits per heavy atom. The van der Waals surface area contributed by atoms with Crippen molar-refractivity contribution in [3.63, 3.8) is 0 Å². The maximum absolute atomic E-state index is 12.6. The van der Waals surface area contributed by atoms with Crippen LogP contribution in [0.3, 0.4) is 0 Å². The van der Waals surface area contributed by atoms with E-state index in [0.717, 1.165) is 49.7 Å². The fourth-order valence-corrected chi connectivity index (χ4v) is 4.23. The second kappa shape index (κ2) is 10.6. The molecule has 0 unspecified atom stereocenters. The summed E-state index contributed by atoms with van der Waals surface area (Å²) in [6.45, 7) is 5.08. The number of carbonyl (C=O) groups excluding carboxylic acids is 1. The number of carbonyl (C=O) groups is 1. The first-order valence-electron chi connectivity index (χ1n) is 9.87. The van der Waals surface area contributed by atoms with Gasteiger partial charge in [0.2, 0.25) is 0 Å². The van der Waals surface area contributed by atoms with E-state index in [4.69, 9.17) is 18.0 Å². The van der Waals surface area contributed by atoms with E-state index in [-0.39, 0.29) is 10.9 Å². The Hall–Kier alpha value is -2.09. The normalized spacial score (nSPS) is 14.6. The van der Waals surface area contributed by atoms with Crippen LogP contribution in [-0.4, -0.2) is 54.8 Å². The summed E-state index contributed by atoms with van der Waals surface area (Å²) in [6.07, 6.45) is 3.40. The average molecular weight is 429 g/mol. The van der Waals surface area contributed by atoms with Crippen molar-refractivity contribution in [2.24, 2.45) is 5.73 Å². The summed E-state index contributed by atoms with van der Waals surface area (Å²) in [7, 11) is 0. The maximum atomic E-state index is 12.6. The second-order valence-corrected chi connectivity index (χ2v) is 8.38. The van der Waals surface area contributed by atoms with Crippen LogP contribution in [0.5, 0.6) is 0 Å². The molecule has 0 radical (unpaired) electrons. The Bertz CT molecular complexity index is 836. The fraction of sp³-hybridized carbons (Fsp3) is 0.364. The van der Waals surface area contributed by atoms with E-state index >= 15 is 0 Å². The first kappa shape index (κ1) is 21.6. The molecule has 1 heterocycles. The van der Waals surface area contributed by atoms with Gasteiger partial charge in [0.25, 0.3) is 0 Å². The smallest absolute Gasteiger partial charge is 0.168 e. The van der Waals surface area contributed by atoms with Gasteiger partial charge in [-0.25, -0.2) is 0 Å². The highest BCUT2D eigenvalue weighted by atomic mass is 32.2. The molecule has 0 aliphatic carbocycles. The summed E-state index contributed by atoms with van der Waals surface area (Å²) in [5, 5.41) is 3.18. The van der Waals surface area contributed by atoms with Gasteiger partial charge in [-0.3, -0.25) is 9.69 Å². The molecule has 3 N–H and O–H groups in total. The lowest BCUT2D eigenvalue weighted by Gasteiger charge is -2.36. The third-order valence-electron chi connectivity index (χ3n) is 5.15. The minimum atomic E-state index is 0.159. The molecule has 5 nitrogen and oxygen atoms in total. The number of hydrogen-bond donors (Lipinski definition) is 2. The minimum Gasteiger partial charge on any atom is -0.376 e. The fourth-order valence-electron chi connectivity index (χ4n) is 3.59. The third-order valence-corrected chi connectivity index (χ3v) is 6.05. The van der Waals surface area contributed by atoms with E-state index in [0.29, 0.717) is 12.0 Å². The molecular weight excluding hydrogens is 400 g/mol. The molecule has 0 bridgehead atoms. The van der Waals surface area contributed by atoms with Gasteiger partial charge >= 0.3 is 0 Å². The van der Waals surface area contributed by atoms with Crippen molar-refractivity contribution in [1.82, 2.24) is 4.90 Å². The van der Waals surface area contributed by atoms with Gasteiger partial charge in [-0.1, -0.05) is 24.3 Å². The van der Waals surface area contributed by atoms with Gasteiger partial charge in [0.1, 0.15) is 0 Å². The van der Waals surface area contributed by atoms with Crippen molar-refractivity contribution in [2.75, 3.05) is 49.2 Å². The zero-order valence-corrected chi connectivity index (χ0v) is 18.4. The second-order valence-electron chi connectivity index (χ2n) is 7.10. The van der Waals surface area contributed by atoms with Gasteiger partial charge in [-0.2, -0.15) is 0 Å². The monoisotopic (exact) mass is 428 g/mol. The SMILES string of the molecule is CSc1ccc(C(=O)CCCN2CCN(c3ccccc3)CC2)cc1NC(N)=S. The number of nitrogens with two attached hydrogens (primary N) is 1. The summed E-state index contributed by atoms with van der Waals surface area (Å²) in [5.74, 6) is 0.159. The molecule has 154 valence electrons. The van der Waals surface area contributed by atoms with Gasteiger partial charge < -0.3 is 16.0 Å². The number of Topliss-reactive ketones (excluding diaryl/α,β-unsaturated/α-hetero) is 1. The molecular formula is C22H28N4OS2. The predicted molar refractivity (Wildman–Crippen MR) is 127 cm³/mol. The lowest BCUT2D eigenvalue weighted by molar-refractivity contribution is 0.0974. The summed E-state index contributed by atoms with van der Waals surface area (Å²) >= 11 is 6.53. The largest absolute Gasteiger partial charge is 0.376 e. The van der Waals surface area contributed by atoms with Crippen LogP contribution in [0.2, 0.25) is 0 Å². The number of hydrogen-bond acceptors (Lipinski definition) is 5. The quantitative estimate of drug-likeness (QED) is 0.376. The molecule has 2 aromatic rings. The highest BCUT2D eigenvalue weighted by Crippen LogP contribution is 2.27. The molecule has 7 heteroatoms. The topological polar surface area (TPSA) is 61.6 Å². The van der Waals surface area contributed by atoms with E-state index in [1.165, 1.54) is 5.69 Å². The molecule has 0 atom stereocenters. The van der Waals surface area contributed by atoms with E-state index in [1.807, 2.05) is 24.5 Å². The number of anilines is 2. The molecule has 0 saturated carbocycles. The molecule has 0 spiro atoms. The number of nitrogens with one attached hydrogen (secondary N) is 1. The maximum Gasteiger partial charge on any atom is 0.168 e.